The van der Waals surface area contributed by atoms with Gasteiger partial charge < -0.3 is 10.2 Å². The lowest BCUT2D eigenvalue weighted by Gasteiger charge is -2.29. The molecule has 0 aromatic carbocycles. The van der Waals surface area contributed by atoms with E-state index in [1.165, 1.54) is 4.88 Å². The van der Waals surface area contributed by atoms with Crippen LogP contribution in [0.4, 0.5) is 0 Å². The third-order valence-electron chi connectivity index (χ3n) is 3.13. The van der Waals surface area contributed by atoms with Gasteiger partial charge >= 0.3 is 0 Å². The zero-order valence-corrected chi connectivity index (χ0v) is 11.8. The first-order valence-electron chi connectivity index (χ1n) is 6.23. The molecular formula is C12H20N4OS. The molecule has 1 saturated heterocycles. The number of aromatic nitrogens is 1. The minimum atomic E-state index is 0.223. The van der Waals surface area contributed by atoms with Gasteiger partial charge in [0.2, 0.25) is 5.91 Å². The van der Waals surface area contributed by atoms with Crippen LogP contribution in [0.15, 0.2) is 5.51 Å². The highest BCUT2D eigenvalue weighted by Gasteiger charge is 2.18. The van der Waals surface area contributed by atoms with E-state index in [-0.39, 0.29) is 5.91 Å². The average Bonchev–Trinajstić information content (AvgIpc) is 2.76. The zero-order chi connectivity index (χ0) is 13.0. The summed E-state index contributed by atoms with van der Waals surface area (Å²) in [5.74, 6) is 0.223. The van der Waals surface area contributed by atoms with E-state index >= 15 is 0 Å². The maximum absolute atomic E-state index is 12.1. The number of carbonyl (C=O) groups is 1. The average molecular weight is 268 g/mol. The second-order valence-corrected chi connectivity index (χ2v) is 5.60. The lowest BCUT2D eigenvalue weighted by molar-refractivity contribution is -0.132. The van der Waals surface area contributed by atoms with Crippen LogP contribution in [-0.2, 0) is 11.3 Å². The fraction of sp³-hybridized carbons (Fsp3) is 0.667. The molecule has 0 unspecified atom stereocenters. The molecule has 1 amide bonds. The number of nitrogens with zero attached hydrogens (tertiary/aromatic N) is 3. The van der Waals surface area contributed by atoms with Crippen molar-refractivity contribution in [2.24, 2.45) is 0 Å². The molecule has 2 rings (SSSR count). The Morgan fingerprint density at radius 1 is 1.56 bits per heavy atom. The van der Waals surface area contributed by atoms with Crippen molar-refractivity contribution in [2.45, 2.75) is 13.5 Å². The Labute approximate surface area is 112 Å². The molecule has 0 aliphatic carbocycles. The van der Waals surface area contributed by atoms with E-state index in [1.807, 2.05) is 24.4 Å². The molecular weight excluding hydrogens is 248 g/mol. The van der Waals surface area contributed by atoms with Crippen LogP contribution < -0.4 is 5.32 Å². The van der Waals surface area contributed by atoms with Crippen LogP contribution in [0.3, 0.4) is 0 Å². The highest BCUT2D eigenvalue weighted by atomic mass is 32.1. The second-order valence-electron chi connectivity index (χ2n) is 4.66. The molecule has 5 nitrogen and oxygen atoms in total. The summed E-state index contributed by atoms with van der Waals surface area (Å²) >= 11 is 1.65. The Bertz CT molecular complexity index is 401. The molecule has 6 heteroatoms. The summed E-state index contributed by atoms with van der Waals surface area (Å²) in [5, 5.41) is 3.25. The minimum Gasteiger partial charge on any atom is -0.339 e. The standard InChI is InChI=1S/C12H20N4OS/c1-10-11(18-9-14-10)7-15(2)8-12(17)16-5-3-13-4-6-16/h9,13H,3-8H2,1-2H3. The van der Waals surface area contributed by atoms with Gasteiger partial charge in [-0.3, -0.25) is 9.69 Å². The predicted molar refractivity (Wildman–Crippen MR) is 72.6 cm³/mol. The Balaban J connectivity index is 1.81. The number of nitrogens with one attached hydrogen (secondary N) is 1. The van der Waals surface area contributed by atoms with Crippen LogP contribution in [0.2, 0.25) is 0 Å². The molecule has 1 aromatic heterocycles. The highest BCUT2D eigenvalue weighted by molar-refractivity contribution is 7.09. The molecule has 0 radical (unpaired) electrons. The van der Waals surface area contributed by atoms with Gasteiger partial charge in [0.1, 0.15) is 0 Å². The topological polar surface area (TPSA) is 48.5 Å². The lowest BCUT2D eigenvalue weighted by atomic mass is 10.3. The quantitative estimate of drug-likeness (QED) is 0.854. The van der Waals surface area contributed by atoms with E-state index < -0.39 is 0 Å². The third kappa shape index (κ3) is 3.51. The number of aryl methyl sites for hydroxylation is 1. The van der Waals surface area contributed by atoms with Crippen LogP contribution in [-0.4, -0.2) is 60.5 Å². The second kappa shape index (κ2) is 6.26. The fourth-order valence-corrected chi connectivity index (χ4v) is 2.88. The van der Waals surface area contributed by atoms with Gasteiger partial charge in [0.05, 0.1) is 17.7 Å². The summed E-state index contributed by atoms with van der Waals surface area (Å²) in [4.78, 5) is 21.5. The summed E-state index contributed by atoms with van der Waals surface area (Å²) in [5.41, 5.74) is 2.93. The van der Waals surface area contributed by atoms with Crippen molar-refractivity contribution in [1.29, 1.82) is 0 Å². The van der Waals surface area contributed by atoms with E-state index in [2.05, 4.69) is 15.2 Å². The summed E-state index contributed by atoms with van der Waals surface area (Å²) < 4.78 is 0. The van der Waals surface area contributed by atoms with Gasteiger partial charge in [0, 0.05) is 37.6 Å². The van der Waals surface area contributed by atoms with E-state index in [0.717, 1.165) is 38.4 Å². The first-order valence-corrected chi connectivity index (χ1v) is 7.11. The molecule has 100 valence electrons. The van der Waals surface area contributed by atoms with Gasteiger partial charge in [-0.25, -0.2) is 4.98 Å². The number of likely N-dealkylation sites (N-methyl/N-ethyl adjacent to an activating group) is 1. The first kappa shape index (κ1) is 13.5. The van der Waals surface area contributed by atoms with Gasteiger partial charge in [0.25, 0.3) is 0 Å². The molecule has 1 N–H and O–H groups in total. The van der Waals surface area contributed by atoms with Crippen LogP contribution in [0, 0.1) is 6.92 Å². The van der Waals surface area contributed by atoms with Crippen LogP contribution in [0.1, 0.15) is 10.6 Å². The number of hydrogen-bond donors (Lipinski definition) is 1. The Morgan fingerprint density at radius 3 is 2.89 bits per heavy atom. The van der Waals surface area contributed by atoms with Crippen molar-refractivity contribution in [3.63, 3.8) is 0 Å². The monoisotopic (exact) mass is 268 g/mol. The number of carbonyl (C=O) groups excluding carboxylic acids is 1. The molecule has 18 heavy (non-hydrogen) atoms. The highest BCUT2D eigenvalue weighted by Crippen LogP contribution is 2.14. The Kier molecular flexibility index (Phi) is 4.68. The number of piperazine rings is 1. The molecule has 0 spiro atoms. The minimum absolute atomic E-state index is 0.223. The summed E-state index contributed by atoms with van der Waals surface area (Å²) in [7, 11) is 1.99. The summed E-state index contributed by atoms with van der Waals surface area (Å²) in [6, 6.07) is 0. The number of thiazole rings is 1. The maximum atomic E-state index is 12.1. The molecule has 0 saturated carbocycles. The van der Waals surface area contributed by atoms with E-state index in [4.69, 9.17) is 0 Å². The molecule has 1 aromatic rings. The van der Waals surface area contributed by atoms with E-state index in [0.29, 0.717) is 6.54 Å². The van der Waals surface area contributed by atoms with Gasteiger partial charge in [0.15, 0.2) is 0 Å². The molecule has 1 aliphatic heterocycles. The van der Waals surface area contributed by atoms with Gasteiger partial charge in [-0.15, -0.1) is 11.3 Å². The largest absolute Gasteiger partial charge is 0.339 e. The fourth-order valence-electron chi connectivity index (χ4n) is 2.02. The van der Waals surface area contributed by atoms with Crippen molar-refractivity contribution < 1.29 is 4.79 Å². The van der Waals surface area contributed by atoms with Crippen LogP contribution in [0.5, 0.6) is 0 Å². The number of rotatable bonds is 4. The molecule has 0 atom stereocenters. The van der Waals surface area contributed by atoms with Crippen molar-refractivity contribution in [1.82, 2.24) is 20.1 Å². The van der Waals surface area contributed by atoms with Crippen molar-refractivity contribution in [2.75, 3.05) is 39.8 Å². The normalized spacial score (nSPS) is 16.3. The van der Waals surface area contributed by atoms with Crippen molar-refractivity contribution in [3.8, 4) is 0 Å². The van der Waals surface area contributed by atoms with E-state index in [9.17, 15) is 4.79 Å². The molecule has 1 fully saturated rings. The van der Waals surface area contributed by atoms with E-state index in [1.54, 1.807) is 11.3 Å². The van der Waals surface area contributed by atoms with Gasteiger partial charge in [-0.05, 0) is 14.0 Å². The van der Waals surface area contributed by atoms with Gasteiger partial charge in [-0.1, -0.05) is 0 Å². The number of amides is 1. The third-order valence-corrected chi connectivity index (χ3v) is 4.05. The zero-order valence-electron chi connectivity index (χ0n) is 11.0. The molecule has 0 bridgehead atoms. The van der Waals surface area contributed by atoms with Crippen LogP contribution in [0.25, 0.3) is 0 Å². The number of hydrogen-bond acceptors (Lipinski definition) is 5. The van der Waals surface area contributed by atoms with Gasteiger partial charge in [-0.2, -0.15) is 0 Å². The Hall–Kier alpha value is -0.980. The summed E-state index contributed by atoms with van der Waals surface area (Å²) in [6.45, 7) is 6.76. The van der Waals surface area contributed by atoms with Crippen molar-refractivity contribution >= 4 is 17.2 Å². The smallest absolute Gasteiger partial charge is 0.236 e. The SMILES string of the molecule is Cc1ncsc1CN(C)CC(=O)N1CCNCC1. The molecule has 2 heterocycles. The Morgan fingerprint density at radius 2 is 2.28 bits per heavy atom. The maximum Gasteiger partial charge on any atom is 0.236 e. The molecule has 1 aliphatic rings. The lowest BCUT2D eigenvalue weighted by Crippen LogP contribution is -2.49. The van der Waals surface area contributed by atoms with Crippen molar-refractivity contribution in [3.05, 3.63) is 16.1 Å². The summed E-state index contributed by atoms with van der Waals surface area (Å²) in [6.07, 6.45) is 0. The first-order chi connectivity index (χ1) is 8.66. The van der Waals surface area contributed by atoms with Crippen LogP contribution >= 0.6 is 11.3 Å². The predicted octanol–water partition coefficient (Wildman–Crippen LogP) is 0.315.